The second-order valence-corrected chi connectivity index (χ2v) is 7.91. The zero-order chi connectivity index (χ0) is 15.2. The Balaban J connectivity index is 2.06. The number of halogens is 2. The van der Waals surface area contributed by atoms with Crippen molar-refractivity contribution in [3.05, 3.63) is 61.1 Å². The monoisotopic (exact) mass is 456 g/mol. The van der Waals surface area contributed by atoms with Gasteiger partial charge in [0.25, 0.3) is 0 Å². The van der Waals surface area contributed by atoms with Crippen LogP contribution in [0.4, 0.5) is 0 Å². The van der Waals surface area contributed by atoms with Crippen molar-refractivity contribution >= 4 is 44.3 Å². The quantitative estimate of drug-likeness (QED) is 0.471. The number of ether oxygens (including phenoxy) is 1. The van der Waals surface area contributed by atoms with Gasteiger partial charge in [0.2, 0.25) is 0 Å². The molecule has 0 atom stereocenters. The fourth-order valence-corrected chi connectivity index (χ4v) is 3.43. The molecule has 0 aliphatic carbocycles. The Bertz CT molecular complexity index is 738. The molecule has 21 heavy (non-hydrogen) atoms. The number of benzene rings is 2. The minimum Gasteiger partial charge on any atom is -0.492 e. The number of fused-ring (bicyclic) bond motifs is 1. The Morgan fingerprint density at radius 1 is 1.24 bits per heavy atom. The van der Waals surface area contributed by atoms with Crippen molar-refractivity contribution in [2.75, 3.05) is 6.61 Å². The van der Waals surface area contributed by atoms with E-state index in [4.69, 9.17) is 4.74 Å². The molecule has 4 heteroatoms. The summed E-state index contributed by atoms with van der Waals surface area (Å²) in [5.74, 6) is 0.937. The lowest BCUT2D eigenvalue weighted by atomic mass is 9.85. The number of rotatable bonds is 2. The summed E-state index contributed by atoms with van der Waals surface area (Å²) < 4.78 is 7.55. The summed E-state index contributed by atoms with van der Waals surface area (Å²) in [6, 6.07) is 11.5. The minimum atomic E-state index is -0.0456. The topological polar surface area (TPSA) is 26.3 Å². The van der Waals surface area contributed by atoms with Gasteiger partial charge >= 0.3 is 0 Å². The standard InChI is InChI=1S/C17H14BrIO2/c1-17(2)9-21-15-6-3-10(7-13(15)17)16(20)12-8-11(18)4-5-14(12)19/h3-8H,9H2,1-2H3. The van der Waals surface area contributed by atoms with Crippen LogP contribution in [-0.4, -0.2) is 12.4 Å². The molecule has 0 saturated heterocycles. The van der Waals surface area contributed by atoms with Crippen LogP contribution in [0.25, 0.3) is 0 Å². The number of hydrogen-bond donors (Lipinski definition) is 0. The molecule has 0 N–H and O–H groups in total. The molecule has 0 unspecified atom stereocenters. The molecule has 0 radical (unpaired) electrons. The van der Waals surface area contributed by atoms with Gasteiger partial charge in [0.15, 0.2) is 5.78 Å². The van der Waals surface area contributed by atoms with E-state index in [1.807, 2.05) is 36.4 Å². The molecule has 0 amide bonds. The molecular weight excluding hydrogens is 443 g/mol. The summed E-state index contributed by atoms with van der Waals surface area (Å²) in [6.07, 6.45) is 0. The maximum atomic E-state index is 12.8. The SMILES string of the molecule is CC1(C)COc2ccc(C(=O)c3cc(Br)ccc3I)cc21. The number of ketones is 1. The summed E-state index contributed by atoms with van der Waals surface area (Å²) in [5.41, 5.74) is 2.50. The molecule has 0 fully saturated rings. The van der Waals surface area contributed by atoms with Gasteiger partial charge in [-0.15, -0.1) is 0 Å². The molecule has 1 heterocycles. The number of hydrogen-bond acceptors (Lipinski definition) is 2. The average molecular weight is 457 g/mol. The summed E-state index contributed by atoms with van der Waals surface area (Å²) in [5, 5.41) is 0. The van der Waals surface area contributed by atoms with Gasteiger partial charge in [0.05, 0.1) is 6.61 Å². The van der Waals surface area contributed by atoms with Crippen LogP contribution in [0.3, 0.4) is 0 Å². The Kier molecular flexibility index (Phi) is 3.86. The molecule has 1 aliphatic rings. The van der Waals surface area contributed by atoms with Crippen molar-refractivity contribution in [2.24, 2.45) is 0 Å². The summed E-state index contributed by atoms with van der Waals surface area (Å²) in [4.78, 5) is 12.8. The van der Waals surface area contributed by atoms with Crippen LogP contribution in [0.1, 0.15) is 35.3 Å². The van der Waals surface area contributed by atoms with E-state index in [9.17, 15) is 4.79 Å². The van der Waals surface area contributed by atoms with Crippen molar-refractivity contribution in [3.63, 3.8) is 0 Å². The molecule has 0 aromatic heterocycles. The van der Waals surface area contributed by atoms with E-state index in [1.54, 1.807) is 0 Å². The normalized spacial score (nSPS) is 15.4. The third-order valence-electron chi connectivity index (χ3n) is 3.73. The van der Waals surface area contributed by atoms with Crippen LogP contribution in [-0.2, 0) is 5.41 Å². The van der Waals surface area contributed by atoms with Gasteiger partial charge in [-0.3, -0.25) is 4.79 Å². The smallest absolute Gasteiger partial charge is 0.194 e. The van der Waals surface area contributed by atoms with E-state index in [2.05, 4.69) is 52.4 Å². The van der Waals surface area contributed by atoms with Crippen LogP contribution < -0.4 is 4.74 Å². The minimum absolute atomic E-state index is 0.0456. The second-order valence-electron chi connectivity index (χ2n) is 5.84. The predicted molar refractivity (Wildman–Crippen MR) is 95.3 cm³/mol. The molecule has 0 saturated carbocycles. The Morgan fingerprint density at radius 2 is 2.00 bits per heavy atom. The lowest BCUT2D eigenvalue weighted by Gasteiger charge is -2.15. The molecule has 2 aromatic rings. The summed E-state index contributed by atoms with van der Waals surface area (Å²) in [6.45, 7) is 4.93. The van der Waals surface area contributed by atoms with Crippen LogP contribution in [0.5, 0.6) is 5.75 Å². The third-order valence-corrected chi connectivity index (χ3v) is 5.17. The first-order valence-electron chi connectivity index (χ1n) is 6.65. The van der Waals surface area contributed by atoms with E-state index in [0.29, 0.717) is 12.2 Å². The van der Waals surface area contributed by atoms with Gasteiger partial charge in [-0.2, -0.15) is 0 Å². The van der Waals surface area contributed by atoms with Crippen molar-refractivity contribution in [2.45, 2.75) is 19.3 Å². The zero-order valence-electron chi connectivity index (χ0n) is 11.7. The van der Waals surface area contributed by atoms with Crippen LogP contribution in [0.2, 0.25) is 0 Å². The van der Waals surface area contributed by atoms with Crippen LogP contribution in [0, 0.1) is 3.57 Å². The Morgan fingerprint density at radius 3 is 2.76 bits per heavy atom. The molecule has 108 valence electrons. The van der Waals surface area contributed by atoms with Gasteiger partial charge in [0.1, 0.15) is 5.75 Å². The maximum absolute atomic E-state index is 12.8. The van der Waals surface area contributed by atoms with E-state index in [1.165, 1.54) is 0 Å². The lowest BCUT2D eigenvalue weighted by Crippen LogP contribution is -2.18. The van der Waals surface area contributed by atoms with Crippen molar-refractivity contribution in [1.82, 2.24) is 0 Å². The van der Waals surface area contributed by atoms with Crippen LogP contribution in [0.15, 0.2) is 40.9 Å². The van der Waals surface area contributed by atoms with Crippen molar-refractivity contribution in [3.8, 4) is 5.75 Å². The molecule has 0 spiro atoms. The molecule has 2 aromatic carbocycles. The number of carbonyl (C=O) groups excluding carboxylic acids is 1. The van der Waals surface area contributed by atoms with E-state index < -0.39 is 0 Å². The fourth-order valence-electron chi connectivity index (χ4n) is 2.49. The van der Waals surface area contributed by atoms with Crippen molar-refractivity contribution in [1.29, 1.82) is 0 Å². The molecule has 3 rings (SSSR count). The first kappa shape index (κ1) is 15.0. The predicted octanol–water partition coefficient (Wildman–Crippen LogP) is 4.95. The molecule has 2 nitrogen and oxygen atoms in total. The van der Waals surface area contributed by atoms with Gasteiger partial charge in [-0.05, 0) is 59.0 Å². The van der Waals surface area contributed by atoms with Crippen LogP contribution >= 0.6 is 38.5 Å². The van der Waals surface area contributed by atoms with Crippen molar-refractivity contribution < 1.29 is 9.53 Å². The van der Waals surface area contributed by atoms with E-state index in [-0.39, 0.29) is 11.2 Å². The Hall–Kier alpha value is -0.880. The Labute approximate surface area is 146 Å². The highest BCUT2D eigenvalue weighted by Crippen LogP contribution is 2.39. The van der Waals surface area contributed by atoms with Gasteiger partial charge in [-0.25, -0.2) is 0 Å². The fraction of sp³-hybridized carbons (Fsp3) is 0.235. The van der Waals surface area contributed by atoms with Gasteiger partial charge in [-0.1, -0.05) is 29.8 Å². The summed E-state index contributed by atoms with van der Waals surface area (Å²) >= 11 is 5.63. The first-order chi connectivity index (χ1) is 9.88. The first-order valence-corrected chi connectivity index (χ1v) is 8.53. The van der Waals surface area contributed by atoms with Gasteiger partial charge in [0, 0.05) is 30.1 Å². The maximum Gasteiger partial charge on any atom is 0.194 e. The van der Waals surface area contributed by atoms with E-state index in [0.717, 1.165) is 24.9 Å². The lowest BCUT2D eigenvalue weighted by molar-refractivity contribution is 0.103. The largest absolute Gasteiger partial charge is 0.492 e. The molecule has 1 aliphatic heterocycles. The number of carbonyl (C=O) groups is 1. The highest BCUT2D eigenvalue weighted by atomic mass is 127. The van der Waals surface area contributed by atoms with Gasteiger partial charge < -0.3 is 4.74 Å². The summed E-state index contributed by atoms with van der Waals surface area (Å²) in [7, 11) is 0. The highest BCUT2D eigenvalue weighted by Gasteiger charge is 2.32. The third kappa shape index (κ3) is 2.75. The average Bonchev–Trinajstić information content (AvgIpc) is 2.76. The molecular formula is C17H14BrIO2. The molecule has 0 bridgehead atoms. The second kappa shape index (κ2) is 5.39. The highest BCUT2D eigenvalue weighted by molar-refractivity contribution is 14.1. The zero-order valence-corrected chi connectivity index (χ0v) is 15.5. The van der Waals surface area contributed by atoms with E-state index >= 15 is 0 Å².